The molecule has 0 atom stereocenters. The van der Waals surface area contributed by atoms with E-state index >= 15 is 0 Å². The molecule has 0 aliphatic rings. The SMILES string of the molecule is COc1ccccc1C(=O)c1cc(C)ccc1NC(=O)Nc1ncc(Sc2ccncc2)s1. The van der Waals surface area contributed by atoms with Gasteiger partial charge in [0.05, 0.1) is 28.8 Å². The van der Waals surface area contributed by atoms with Crippen molar-refractivity contribution in [2.75, 3.05) is 17.7 Å². The number of benzene rings is 2. The molecule has 2 aromatic carbocycles. The first-order valence-corrected chi connectivity index (χ1v) is 11.6. The second-order valence-corrected chi connectivity index (χ2v) is 9.33. The molecule has 4 aromatic rings. The van der Waals surface area contributed by atoms with Gasteiger partial charge in [0, 0.05) is 22.9 Å². The van der Waals surface area contributed by atoms with Gasteiger partial charge in [-0.1, -0.05) is 46.9 Å². The number of aryl methyl sites for hydroxylation is 1. The van der Waals surface area contributed by atoms with Gasteiger partial charge in [-0.15, -0.1) is 0 Å². The number of pyridine rings is 1. The average Bonchev–Trinajstić information content (AvgIpc) is 3.26. The van der Waals surface area contributed by atoms with Gasteiger partial charge in [0.15, 0.2) is 10.9 Å². The van der Waals surface area contributed by atoms with E-state index in [1.807, 2.05) is 25.1 Å². The number of nitrogens with zero attached hydrogens (tertiary/aromatic N) is 2. The van der Waals surface area contributed by atoms with Crippen molar-refractivity contribution in [3.05, 3.63) is 89.9 Å². The van der Waals surface area contributed by atoms with E-state index in [4.69, 9.17) is 4.74 Å². The predicted octanol–water partition coefficient (Wildman–Crippen LogP) is 5.88. The number of urea groups is 1. The van der Waals surface area contributed by atoms with Gasteiger partial charge in [0.1, 0.15) is 5.75 Å². The van der Waals surface area contributed by atoms with Crippen LogP contribution in [0.4, 0.5) is 15.6 Å². The lowest BCUT2D eigenvalue weighted by atomic mass is 9.99. The van der Waals surface area contributed by atoms with Gasteiger partial charge in [0.25, 0.3) is 0 Å². The zero-order valence-electron chi connectivity index (χ0n) is 17.9. The Hall–Kier alpha value is -3.69. The van der Waals surface area contributed by atoms with E-state index in [0.29, 0.717) is 27.7 Å². The number of methoxy groups -OCH3 is 1. The molecule has 0 bridgehead atoms. The van der Waals surface area contributed by atoms with Crippen LogP contribution in [0.3, 0.4) is 0 Å². The summed E-state index contributed by atoms with van der Waals surface area (Å²) >= 11 is 2.89. The standard InChI is InChI=1S/C24H20N4O3S2/c1-15-7-8-19(18(13-15)22(29)17-5-3-4-6-20(17)31-2)27-23(30)28-24-26-14-21(33-24)32-16-9-11-25-12-10-16/h3-14H,1-2H3,(H2,26,27,28,30). The largest absolute Gasteiger partial charge is 0.496 e. The summed E-state index contributed by atoms with van der Waals surface area (Å²) in [4.78, 5) is 35.2. The summed E-state index contributed by atoms with van der Waals surface area (Å²) in [7, 11) is 1.52. The van der Waals surface area contributed by atoms with Crippen LogP contribution in [0.25, 0.3) is 0 Å². The molecule has 0 fully saturated rings. The minimum atomic E-state index is -0.484. The summed E-state index contributed by atoms with van der Waals surface area (Å²) < 4.78 is 6.26. The first kappa shape index (κ1) is 22.5. The van der Waals surface area contributed by atoms with Crippen molar-refractivity contribution in [2.24, 2.45) is 0 Å². The lowest BCUT2D eigenvalue weighted by Gasteiger charge is -2.13. The smallest absolute Gasteiger partial charge is 0.325 e. The minimum absolute atomic E-state index is 0.239. The average molecular weight is 477 g/mol. The molecule has 0 radical (unpaired) electrons. The molecule has 2 heterocycles. The number of carbonyl (C=O) groups is 2. The van der Waals surface area contributed by atoms with Crippen LogP contribution in [0.5, 0.6) is 5.75 Å². The topological polar surface area (TPSA) is 93.2 Å². The Morgan fingerprint density at radius 3 is 2.58 bits per heavy atom. The Kier molecular flexibility index (Phi) is 7.01. The highest BCUT2D eigenvalue weighted by Crippen LogP contribution is 2.33. The molecule has 0 saturated carbocycles. The van der Waals surface area contributed by atoms with E-state index in [1.54, 1.807) is 55.0 Å². The van der Waals surface area contributed by atoms with Gasteiger partial charge >= 0.3 is 6.03 Å². The van der Waals surface area contributed by atoms with Crippen molar-refractivity contribution in [1.29, 1.82) is 0 Å². The zero-order valence-corrected chi connectivity index (χ0v) is 19.5. The maximum absolute atomic E-state index is 13.2. The fraction of sp³-hybridized carbons (Fsp3) is 0.0833. The molecule has 0 unspecified atom stereocenters. The lowest BCUT2D eigenvalue weighted by Crippen LogP contribution is -2.21. The Labute approximate surface area is 199 Å². The van der Waals surface area contributed by atoms with E-state index in [1.165, 1.54) is 30.2 Å². The Bertz CT molecular complexity index is 1290. The van der Waals surface area contributed by atoms with Gasteiger partial charge in [-0.3, -0.25) is 15.1 Å². The van der Waals surface area contributed by atoms with E-state index < -0.39 is 6.03 Å². The molecule has 2 amide bonds. The monoisotopic (exact) mass is 476 g/mol. The van der Waals surface area contributed by atoms with Gasteiger partial charge < -0.3 is 10.1 Å². The van der Waals surface area contributed by atoms with Crippen molar-refractivity contribution in [3.63, 3.8) is 0 Å². The zero-order chi connectivity index (χ0) is 23.2. The summed E-state index contributed by atoms with van der Waals surface area (Å²) in [6, 6.07) is 15.6. The number of anilines is 2. The first-order chi connectivity index (χ1) is 16.0. The van der Waals surface area contributed by atoms with Crippen molar-refractivity contribution in [3.8, 4) is 5.75 Å². The van der Waals surface area contributed by atoms with Gasteiger partial charge in [-0.2, -0.15) is 0 Å². The third-order valence-electron chi connectivity index (χ3n) is 4.59. The maximum Gasteiger partial charge on any atom is 0.325 e. The summed E-state index contributed by atoms with van der Waals surface area (Å²) in [6.45, 7) is 1.89. The second kappa shape index (κ2) is 10.3. The second-order valence-electron chi connectivity index (χ2n) is 6.93. The van der Waals surface area contributed by atoms with Crippen LogP contribution in [-0.4, -0.2) is 28.9 Å². The number of para-hydroxylation sites is 1. The van der Waals surface area contributed by atoms with Crippen LogP contribution >= 0.6 is 23.1 Å². The third-order valence-corrected chi connectivity index (χ3v) is 6.61. The van der Waals surface area contributed by atoms with Gasteiger partial charge in [-0.05, 0) is 43.3 Å². The highest BCUT2D eigenvalue weighted by atomic mass is 32.2. The van der Waals surface area contributed by atoms with Gasteiger partial charge in [0.2, 0.25) is 0 Å². The summed E-state index contributed by atoms with van der Waals surface area (Å²) in [5.41, 5.74) is 2.10. The van der Waals surface area contributed by atoms with Crippen LogP contribution in [0.2, 0.25) is 0 Å². The molecule has 0 saturated heterocycles. The number of aromatic nitrogens is 2. The molecule has 2 aromatic heterocycles. The number of amides is 2. The fourth-order valence-electron chi connectivity index (χ4n) is 3.07. The Morgan fingerprint density at radius 2 is 1.79 bits per heavy atom. The van der Waals surface area contributed by atoms with Gasteiger partial charge in [-0.25, -0.2) is 9.78 Å². The molecular formula is C24H20N4O3S2. The quantitative estimate of drug-likeness (QED) is 0.324. The molecule has 33 heavy (non-hydrogen) atoms. The van der Waals surface area contributed by atoms with Crippen LogP contribution in [0, 0.1) is 6.92 Å². The molecule has 4 rings (SSSR count). The van der Waals surface area contributed by atoms with E-state index in [-0.39, 0.29) is 5.78 Å². The number of thiazole rings is 1. The number of rotatable bonds is 7. The molecule has 0 spiro atoms. The van der Waals surface area contributed by atoms with E-state index in [0.717, 1.165) is 14.7 Å². The van der Waals surface area contributed by atoms with Crippen molar-refractivity contribution in [2.45, 2.75) is 16.0 Å². The molecule has 7 nitrogen and oxygen atoms in total. The Balaban J connectivity index is 1.49. The maximum atomic E-state index is 13.2. The van der Waals surface area contributed by atoms with E-state index in [2.05, 4.69) is 20.6 Å². The van der Waals surface area contributed by atoms with Crippen molar-refractivity contribution < 1.29 is 14.3 Å². The van der Waals surface area contributed by atoms with Crippen LogP contribution in [0.15, 0.2) is 82.3 Å². The molecule has 2 N–H and O–H groups in total. The molecule has 0 aliphatic heterocycles. The Morgan fingerprint density at radius 1 is 1.00 bits per heavy atom. The number of hydrogen-bond donors (Lipinski definition) is 2. The third kappa shape index (κ3) is 5.57. The van der Waals surface area contributed by atoms with Crippen molar-refractivity contribution in [1.82, 2.24) is 9.97 Å². The number of ketones is 1. The predicted molar refractivity (Wildman–Crippen MR) is 131 cm³/mol. The lowest BCUT2D eigenvalue weighted by molar-refractivity contribution is 0.103. The highest BCUT2D eigenvalue weighted by molar-refractivity contribution is 8.01. The minimum Gasteiger partial charge on any atom is -0.496 e. The molecule has 0 aliphatic carbocycles. The summed E-state index contributed by atoms with van der Waals surface area (Å²) in [6.07, 6.45) is 5.15. The number of ether oxygens (including phenoxy) is 1. The van der Waals surface area contributed by atoms with Crippen LogP contribution < -0.4 is 15.4 Å². The normalized spacial score (nSPS) is 10.5. The summed E-state index contributed by atoms with van der Waals surface area (Å²) in [5, 5.41) is 5.96. The molecule has 166 valence electrons. The van der Waals surface area contributed by atoms with Crippen LogP contribution in [0.1, 0.15) is 21.5 Å². The van der Waals surface area contributed by atoms with Crippen LogP contribution in [-0.2, 0) is 0 Å². The fourth-order valence-corrected chi connectivity index (χ4v) is 4.90. The number of carbonyl (C=O) groups excluding carboxylic acids is 2. The molecule has 9 heteroatoms. The summed E-state index contributed by atoms with van der Waals surface area (Å²) in [5.74, 6) is 0.234. The highest BCUT2D eigenvalue weighted by Gasteiger charge is 2.19. The number of hydrogen-bond acceptors (Lipinski definition) is 7. The van der Waals surface area contributed by atoms with E-state index in [9.17, 15) is 9.59 Å². The number of nitrogens with one attached hydrogen (secondary N) is 2. The first-order valence-electron chi connectivity index (χ1n) is 9.93. The molecular weight excluding hydrogens is 456 g/mol. The van der Waals surface area contributed by atoms with Crippen molar-refractivity contribution >= 4 is 45.7 Å².